The van der Waals surface area contributed by atoms with Crippen molar-refractivity contribution in [1.82, 2.24) is 5.32 Å². The summed E-state index contributed by atoms with van der Waals surface area (Å²) in [4.78, 5) is 39.0. The summed E-state index contributed by atoms with van der Waals surface area (Å²) in [7, 11) is 0. The highest BCUT2D eigenvalue weighted by Crippen LogP contribution is 2.26. The minimum atomic E-state index is -1.72. The number of rotatable bonds is 10. The molecule has 44 heavy (non-hydrogen) atoms. The fourth-order valence-corrected chi connectivity index (χ4v) is 4.71. The topological polar surface area (TPSA) is 87.3 Å². The smallest absolute Gasteiger partial charge is 0.272 e. The molecule has 0 fully saturated rings. The predicted octanol–water partition coefficient (Wildman–Crippen LogP) is 7.51. The molecule has 3 amide bonds. The van der Waals surface area contributed by atoms with Gasteiger partial charge in [-0.05, 0) is 53.5 Å². The minimum absolute atomic E-state index is 0.0139. The van der Waals surface area contributed by atoms with Gasteiger partial charge < -0.3 is 16.0 Å². The average Bonchev–Trinajstić information content (AvgIpc) is 3.01. The van der Waals surface area contributed by atoms with Gasteiger partial charge in [-0.3, -0.25) is 14.4 Å². The number of halogens is 4. The third kappa shape index (κ3) is 8.35. The maximum atomic E-state index is 13.9. The summed E-state index contributed by atoms with van der Waals surface area (Å²) in [6, 6.07) is 22.4. The van der Waals surface area contributed by atoms with Gasteiger partial charge in [0.2, 0.25) is 5.91 Å². The van der Waals surface area contributed by atoms with E-state index in [4.69, 9.17) is 0 Å². The Balaban J connectivity index is 1.48. The van der Waals surface area contributed by atoms with E-state index in [1.165, 1.54) is 0 Å². The van der Waals surface area contributed by atoms with Crippen LogP contribution >= 0.6 is 11.8 Å². The van der Waals surface area contributed by atoms with Crippen LogP contribution in [0.1, 0.15) is 41.3 Å². The van der Waals surface area contributed by atoms with E-state index in [-0.39, 0.29) is 17.5 Å². The Kier molecular flexibility index (Phi) is 10.6. The van der Waals surface area contributed by atoms with E-state index in [2.05, 4.69) is 24.5 Å². The molecule has 4 aromatic carbocycles. The number of thioether (sulfide) groups is 1. The Morgan fingerprint density at radius 2 is 1.45 bits per heavy atom. The Bertz CT molecular complexity index is 1690. The van der Waals surface area contributed by atoms with E-state index in [0.717, 1.165) is 17.3 Å². The number of carbonyl (C=O) groups is 3. The predicted molar refractivity (Wildman–Crippen MR) is 163 cm³/mol. The van der Waals surface area contributed by atoms with Gasteiger partial charge in [-0.1, -0.05) is 62.4 Å². The van der Waals surface area contributed by atoms with Crippen molar-refractivity contribution in [2.45, 2.75) is 24.7 Å². The Hall–Kier alpha value is -4.90. The second-order valence-corrected chi connectivity index (χ2v) is 10.9. The van der Waals surface area contributed by atoms with Crippen molar-refractivity contribution in [3.8, 4) is 0 Å². The molecule has 0 bridgehead atoms. The van der Waals surface area contributed by atoms with Crippen LogP contribution in [-0.4, -0.2) is 23.5 Å². The second kappa shape index (κ2) is 14.5. The zero-order valence-corrected chi connectivity index (χ0v) is 24.4. The van der Waals surface area contributed by atoms with Gasteiger partial charge in [0.25, 0.3) is 11.8 Å². The van der Waals surface area contributed by atoms with Gasteiger partial charge in [0.15, 0.2) is 23.3 Å². The fourth-order valence-electron chi connectivity index (χ4n) is 3.96. The van der Waals surface area contributed by atoms with E-state index in [1.807, 2.05) is 29.6 Å². The van der Waals surface area contributed by atoms with Gasteiger partial charge in [-0.2, -0.15) is 0 Å². The van der Waals surface area contributed by atoms with E-state index in [1.54, 1.807) is 60.7 Å². The summed E-state index contributed by atoms with van der Waals surface area (Å²) in [5.74, 6) is -8.77. The second-order valence-electron chi connectivity index (χ2n) is 9.86. The minimum Gasteiger partial charge on any atom is -0.321 e. The van der Waals surface area contributed by atoms with Crippen LogP contribution in [0.4, 0.5) is 28.9 Å². The molecule has 0 heterocycles. The number of anilines is 2. The summed E-state index contributed by atoms with van der Waals surface area (Å²) in [5.41, 5.74) is 1.26. The molecular weight excluding hydrogens is 594 g/mol. The highest BCUT2D eigenvalue weighted by molar-refractivity contribution is 8.00. The van der Waals surface area contributed by atoms with Crippen LogP contribution in [0.15, 0.2) is 95.5 Å². The van der Waals surface area contributed by atoms with E-state index >= 15 is 0 Å². The highest BCUT2D eigenvalue weighted by Gasteiger charge is 2.21. The van der Waals surface area contributed by atoms with Crippen LogP contribution in [0.2, 0.25) is 0 Å². The molecular formula is C33H27F4N3O3S. The number of carbonyl (C=O) groups excluding carboxylic acids is 3. The molecule has 11 heteroatoms. The third-order valence-electron chi connectivity index (χ3n) is 6.28. The van der Waals surface area contributed by atoms with Crippen molar-refractivity contribution in [2.75, 3.05) is 16.4 Å². The summed E-state index contributed by atoms with van der Waals surface area (Å²) in [6.07, 6.45) is 1.55. The van der Waals surface area contributed by atoms with Crippen LogP contribution in [0.3, 0.4) is 0 Å². The maximum absolute atomic E-state index is 13.9. The maximum Gasteiger partial charge on any atom is 0.272 e. The number of hydrogen-bond donors (Lipinski definition) is 3. The Morgan fingerprint density at radius 1 is 0.795 bits per heavy atom. The molecule has 0 unspecified atom stereocenters. The number of benzene rings is 4. The van der Waals surface area contributed by atoms with Crippen molar-refractivity contribution in [2.24, 2.45) is 0 Å². The largest absolute Gasteiger partial charge is 0.321 e. The molecule has 0 aromatic heterocycles. The SMILES string of the molecule is CC(C)c1ccc(/C=C(/NC(=O)c2ccccc2)C(=O)Nc2cccc(SCC(=O)Nc3c(F)c(F)cc(F)c3F)c2)cc1. The summed E-state index contributed by atoms with van der Waals surface area (Å²) in [6.45, 7) is 4.13. The van der Waals surface area contributed by atoms with Crippen LogP contribution < -0.4 is 16.0 Å². The Morgan fingerprint density at radius 3 is 2.09 bits per heavy atom. The van der Waals surface area contributed by atoms with Gasteiger partial charge in [0.1, 0.15) is 11.4 Å². The van der Waals surface area contributed by atoms with Crippen LogP contribution in [0, 0.1) is 23.3 Å². The monoisotopic (exact) mass is 621 g/mol. The quantitative estimate of drug-likeness (QED) is 0.0741. The molecule has 0 aliphatic heterocycles. The first-order chi connectivity index (χ1) is 21.0. The fraction of sp³-hybridized carbons (Fsp3) is 0.121. The molecule has 4 rings (SSSR count). The van der Waals surface area contributed by atoms with E-state index < -0.39 is 46.7 Å². The summed E-state index contributed by atoms with van der Waals surface area (Å²) >= 11 is 0.952. The molecule has 4 aromatic rings. The van der Waals surface area contributed by atoms with Crippen molar-refractivity contribution in [1.29, 1.82) is 0 Å². The molecule has 0 aliphatic rings. The van der Waals surface area contributed by atoms with Crippen LogP contribution in [-0.2, 0) is 9.59 Å². The van der Waals surface area contributed by atoms with E-state index in [9.17, 15) is 31.9 Å². The Labute approximate surface area is 255 Å². The van der Waals surface area contributed by atoms with Gasteiger partial charge >= 0.3 is 0 Å². The molecule has 226 valence electrons. The average molecular weight is 622 g/mol. The highest BCUT2D eigenvalue weighted by atomic mass is 32.2. The number of amides is 3. The van der Waals surface area contributed by atoms with Crippen molar-refractivity contribution in [3.63, 3.8) is 0 Å². The van der Waals surface area contributed by atoms with Crippen molar-refractivity contribution < 1.29 is 31.9 Å². The van der Waals surface area contributed by atoms with E-state index in [0.29, 0.717) is 27.6 Å². The first kappa shape index (κ1) is 32.0. The first-order valence-corrected chi connectivity index (χ1v) is 14.4. The molecule has 0 aliphatic carbocycles. The lowest BCUT2D eigenvalue weighted by atomic mass is 10.0. The lowest BCUT2D eigenvalue weighted by Crippen LogP contribution is -2.30. The van der Waals surface area contributed by atoms with Gasteiger partial charge in [0, 0.05) is 22.2 Å². The normalized spacial score (nSPS) is 11.3. The molecule has 0 atom stereocenters. The lowest BCUT2D eigenvalue weighted by molar-refractivity contribution is -0.114. The molecule has 0 saturated heterocycles. The van der Waals surface area contributed by atoms with Gasteiger partial charge in [-0.25, -0.2) is 17.6 Å². The molecule has 3 N–H and O–H groups in total. The third-order valence-corrected chi connectivity index (χ3v) is 7.27. The first-order valence-electron chi connectivity index (χ1n) is 13.4. The van der Waals surface area contributed by atoms with Crippen LogP contribution in [0.5, 0.6) is 0 Å². The van der Waals surface area contributed by atoms with Crippen LogP contribution in [0.25, 0.3) is 6.08 Å². The zero-order chi connectivity index (χ0) is 31.8. The van der Waals surface area contributed by atoms with Crippen molar-refractivity contribution >= 4 is 46.9 Å². The van der Waals surface area contributed by atoms with Crippen molar-refractivity contribution in [3.05, 3.63) is 131 Å². The summed E-state index contributed by atoms with van der Waals surface area (Å²) in [5, 5.41) is 7.25. The summed E-state index contributed by atoms with van der Waals surface area (Å²) < 4.78 is 54.7. The molecule has 0 spiro atoms. The zero-order valence-electron chi connectivity index (χ0n) is 23.6. The number of hydrogen-bond acceptors (Lipinski definition) is 4. The standard InChI is InChI=1S/C33H27F4N3O3S/c1-19(2)21-13-11-20(12-14-21)15-27(39-32(42)22-7-4-3-5-8-22)33(43)38-23-9-6-10-24(16-23)44-18-28(41)40-31-29(36)25(34)17-26(35)30(31)37/h3-17,19H,18H2,1-2H3,(H,38,43)(H,39,42)(H,40,41)/b27-15+. The lowest BCUT2D eigenvalue weighted by Gasteiger charge is -2.13. The van der Waals surface area contributed by atoms with Gasteiger partial charge in [-0.15, -0.1) is 11.8 Å². The number of nitrogens with one attached hydrogen (secondary N) is 3. The molecule has 0 saturated carbocycles. The molecule has 0 radical (unpaired) electrons. The van der Waals surface area contributed by atoms with Gasteiger partial charge in [0.05, 0.1) is 5.75 Å². The molecule has 6 nitrogen and oxygen atoms in total.